The van der Waals surface area contributed by atoms with E-state index in [4.69, 9.17) is 20.9 Å². The number of H-pyrrole nitrogens is 2. The fourth-order valence-electron chi connectivity index (χ4n) is 3.81. The average Bonchev–Trinajstić information content (AvgIpc) is 3.59. The standard InChI is InChI=1S/C23H41N10O4/c1-16(2)36-11-5-7-26-22(34,20-18(24)13-28-30-20)32-9-10-33(15-32)23(35,21-19(25)14-29-31-21)27-8-6-12-37-17(3)4/h9-10,13-17,26-27,34-35H,5-8,11-12,24-25H2,1-4H3,(H,28,30)(H,29,31)/q+1/t22-,23-/m0/s1. The zero-order valence-electron chi connectivity index (χ0n) is 21.9. The van der Waals surface area contributed by atoms with Crippen molar-refractivity contribution in [3.05, 3.63) is 42.5 Å². The van der Waals surface area contributed by atoms with Crippen LogP contribution >= 0.6 is 0 Å². The predicted octanol–water partition coefficient (Wildman–Crippen LogP) is -0.503. The van der Waals surface area contributed by atoms with Crippen molar-refractivity contribution in [1.29, 1.82) is 0 Å². The van der Waals surface area contributed by atoms with Crippen molar-refractivity contribution >= 4 is 11.4 Å². The van der Waals surface area contributed by atoms with Gasteiger partial charge >= 0.3 is 11.7 Å². The lowest BCUT2D eigenvalue weighted by atomic mass is 10.2. The van der Waals surface area contributed by atoms with Crippen molar-refractivity contribution in [3.63, 3.8) is 0 Å². The Hall–Kier alpha value is -3.01. The van der Waals surface area contributed by atoms with Gasteiger partial charge in [0.1, 0.15) is 12.4 Å². The van der Waals surface area contributed by atoms with Gasteiger partial charge in [-0.05, 0) is 40.5 Å². The van der Waals surface area contributed by atoms with Gasteiger partial charge in [0.25, 0.3) is 6.33 Å². The molecule has 0 aromatic carbocycles. The van der Waals surface area contributed by atoms with Gasteiger partial charge in [0, 0.05) is 26.3 Å². The quantitative estimate of drug-likeness (QED) is 0.0690. The van der Waals surface area contributed by atoms with E-state index in [1.807, 2.05) is 27.7 Å². The van der Waals surface area contributed by atoms with Crippen LogP contribution in [0.15, 0.2) is 31.1 Å². The Balaban J connectivity index is 1.87. The molecule has 3 aromatic rings. The van der Waals surface area contributed by atoms with Crippen LogP contribution in [0.2, 0.25) is 0 Å². The maximum absolute atomic E-state index is 11.8. The predicted molar refractivity (Wildman–Crippen MR) is 137 cm³/mol. The highest BCUT2D eigenvalue weighted by Crippen LogP contribution is 2.25. The monoisotopic (exact) mass is 521 g/mol. The molecule has 0 bridgehead atoms. The first-order valence-electron chi connectivity index (χ1n) is 12.4. The third-order valence-electron chi connectivity index (χ3n) is 5.71. The average molecular weight is 522 g/mol. The number of aromatic nitrogens is 6. The summed E-state index contributed by atoms with van der Waals surface area (Å²) in [6.07, 6.45) is 9.07. The third-order valence-corrected chi connectivity index (χ3v) is 5.71. The highest BCUT2D eigenvalue weighted by atomic mass is 16.5. The summed E-state index contributed by atoms with van der Waals surface area (Å²) in [7, 11) is 0. The SMILES string of the molecule is CC(C)OCCCN[C@@](O)(c1[nH]ncc1N)n1cc[n+]([C@@](O)(NCCCOC(C)C)c2[nH]ncc2N)c1. The summed E-state index contributed by atoms with van der Waals surface area (Å²) in [4.78, 5) is 0. The maximum atomic E-state index is 11.8. The number of nitrogens with zero attached hydrogens (tertiary/aromatic N) is 4. The van der Waals surface area contributed by atoms with Crippen LogP contribution in [0.1, 0.15) is 51.9 Å². The van der Waals surface area contributed by atoms with Crippen molar-refractivity contribution in [1.82, 2.24) is 35.6 Å². The molecule has 10 N–H and O–H groups in total. The van der Waals surface area contributed by atoms with Crippen LogP contribution in [-0.4, -0.2) is 73.7 Å². The number of imidazole rings is 1. The summed E-state index contributed by atoms with van der Waals surface area (Å²) in [5, 5.41) is 43.3. The van der Waals surface area contributed by atoms with Gasteiger partial charge in [-0.25, -0.2) is 10.6 Å². The smallest absolute Gasteiger partial charge is 0.316 e. The number of nitrogens with two attached hydrogens (primary N) is 2. The molecule has 14 nitrogen and oxygen atoms in total. The number of ether oxygens (including phenoxy) is 2. The zero-order chi connectivity index (χ0) is 27.1. The van der Waals surface area contributed by atoms with E-state index in [9.17, 15) is 10.2 Å². The number of nitrogens with one attached hydrogen (secondary N) is 4. The van der Waals surface area contributed by atoms with Crippen LogP contribution in [0.3, 0.4) is 0 Å². The number of aliphatic hydroxyl groups is 2. The summed E-state index contributed by atoms with van der Waals surface area (Å²) < 4.78 is 14.1. The van der Waals surface area contributed by atoms with Gasteiger partial charge in [-0.2, -0.15) is 19.3 Å². The van der Waals surface area contributed by atoms with E-state index in [0.29, 0.717) is 39.1 Å². The molecule has 37 heavy (non-hydrogen) atoms. The normalized spacial score (nSPS) is 15.4. The fourth-order valence-corrected chi connectivity index (χ4v) is 3.81. The molecule has 0 spiro atoms. The molecule has 0 saturated heterocycles. The number of hydrogen-bond acceptors (Lipinski definition) is 10. The molecule has 0 aliphatic rings. The molecule has 3 aromatic heterocycles. The minimum Gasteiger partial charge on any atom is -0.396 e. The molecule has 3 rings (SSSR count). The maximum Gasteiger partial charge on any atom is 0.316 e. The van der Waals surface area contributed by atoms with Crippen molar-refractivity contribution in [3.8, 4) is 0 Å². The molecule has 2 atom stereocenters. The Morgan fingerprint density at radius 1 is 0.946 bits per heavy atom. The van der Waals surface area contributed by atoms with Crippen LogP contribution in [0, 0.1) is 0 Å². The summed E-state index contributed by atoms with van der Waals surface area (Å²) in [6.45, 7) is 9.72. The second-order valence-corrected chi connectivity index (χ2v) is 9.37. The molecule has 0 saturated carbocycles. The van der Waals surface area contributed by atoms with Gasteiger partial charge in [-0.15, -0.1) is 0 Å². The Labute approximate surface area is 216 Å². The zero-order valence-corrected chi connectivity index (χ0v) is 21.9. The van der Waals surface area contributed by atoms with Gasteiger partial charge in [0.05, 0.1) is 36.0 Å². The van der Waals surface area contributed by atoms with E-state index in [0.717, 1.165) is 0 Å². The molecule has 206 valence electrons. The second kappa shape index (κ2) is 12.5. The molecular weight excluding hydrogens is 480 g/mol. The van der Waals surface area contributed by atoms with Gasteiger partial charge < -0.3 is 31.2 Å². The van der Waals surface area contributed by atoms with Gasteiger partial charge in [-0.3, -0.25) is 10.2 Å². The van der Waals surface area contributed by atoms with E-state index in [1.165, 1.54) is 27.9 Å². The Kier molecular flexibility index (Phi) is 9.64. The number of anilines is 2. The Bertz CT molecular complexity index is 1010. The van der Waals surface area contributed by atoms with Crippen LogP contribution in [-0.2, 0) is 21.2 Å². The van der Waals surface area contributed by atoms with Crippen LogP contribution < -0.4 is 26.7 Å². The molecule has 0 amide bonds. The lowest BCUT2D eigenvalue weighted by molar-refractivity contribution is -0.802. The van der Waals surface area contributed by atoms with E-state index in [2.05, 4.69) is 31.0 Å². The Morgan fingerprint density at radius 3 is 2.00 bits per heavy atom. The van der Waals surface area contributed by atoms with Crippen LogP contribution in [0.5, 0.6) is 0 Å². The molecule has 0 aliphatic carbocycles. The highest BCUT2D eigenvalue weighted by Gasteiger charge is 2.44. The highest BCUT2D eigenvalue weighted by molar-refractivity contribution is 5.43. The molecular formula is C23H41N10O4+. The Morgan fingerprint density at radius 2 is 1.49 bits per heavy atom. The molecule has 0 aliphatic heterocycles. The van der Waals surface area contributed by atoms with E-state index < -0.39 is 11.7 Å². The van der Waals surface area contributed by atoms with Crippen molar-refractivity contribution < 1.29 is 24.3 Å². The molecule has 14 heteroatoms. The first kappa shape index (κ1) is 28.6. The second-order valence-electron chi connectivity index (χ2n) is 9.37. The fraction of sp³-hybridized carbons (Fsp3) is 0.609. The van der Waals surface area contributed by atoms with Gasteiger partial charge in [-0.1, -0.05) is 0 Å². The van der Waals surface area contributed by atoms with Gasteiger partial charge in [0.2, 0.25) is 0 Å². The number of nitrogen functional groups attached to an aromatic ring is 2. The van der Waals surface area contributed by atoms with E-state index >= 15 is 0 Å². The van der Waals surface area contributed by atoms with Crippen LogP contribution in [0.25, 0.3) is 0 Å². The summed E-state index contributed by atoms with van der Waals surface area (Å²) in [6, 6.07) is 0. The molecule has 0 radical (unpaired) electrons. The first-order chi connectivity index (χ1) is 17.6. The van der Waals surface area contributed by atoms with Crippen LogP contribution in [0.4, 0.5) is 11.4 Å². The van der Waals surface area contributed by atoms with Gasteiger partial charge in [0.15, 0.2) is 11.4 Å². The van der Waals surface area contributed by atoms with Crippen molar-refractivity contribution in [2.24, 2.45) is 0 Å². The van der Waals surface area contributed by atoms with Crippen molar-refractivity contribution in [2.75, 3.05) is 37.8 Å². The minimum absolute atomic E-state index is 0.113. The summed E-state index contributed by atoms with van der Waals surface area (Å²) in [5.41, 5.74) is 13.2. The summed E-state index contributed by atoms with van der Waals surface area (Å²) in [5.74, 6) is -3.59. The lowest BCUT2D eigenvalue weighted by Crippen LogP contribution is -2.65. The summed E-state index contributed by atoms with van der Waals surface area (Å²) >= 11 is 0. The number of rotatable bonds is 16. The molecule has 3 heterocycles. The van der Waals surface area contributed by atoms with Crippen molar-refractivity contribution in [2.45, 2.75) is 64.4 Å². The number of hydrogen-bond donors (Lipinski definition) is 8. The first-order valence-corrected chi connectivity index (χ1v) is 12.4. The third kappa shape index (κ3) is 6.85. The molecule has 0 unspecified atom stereocenters. The lowest BCUT2D eigenvalue weighted by Gasteiger charge is -2.27. The van der Waals surface area contributed by atoms with E-state index in [1.54, 1.807) is 12.4 Å². The largest absolute Gasteiger partial charge is 0.396 e. The number of aromatic amines is 2. The topological polar surface area (TPSA) is 201 Å². The van der Waals surface area contributed by atoms with E-state index in [-0.39, 0.29) is 35.0 Å². The minimum atomic E-state index is -1.80. The molecule has 0 fully saturated rings.